The van der Waals surface area contributed by atoms with Gasteiger partial charge in [0.1, 0.15) is 0 Å². The molecule has 0 atom stereocenters. The number of hydrogen-bond acceptors (Lipinski definition) is 3. The quantitative estimate of drug-likeness (QED) is 0.591. The third-order valence-electron chi connectivity index (χ3n) is 2.24. The first kappa shape index (κ1) is 12.5. The lowest BCUT2D eigenvalue weighted by Crippen LogP contribution is -2.13. The second-order valence-corrected chi connectivity index (χ2v) is 3.74. The monoisotopic (exact) mass is 222 g/mol. The molecule has 4 nitrogen and oxygen atoms in total. The molecule has 0 bridgehead atoms. The molecule has 4 heteroatoms. The van der Waals surface area contributed by atoms with E-state index in [0.717, 1.165) is 5.56 Å². The SMILES string of the molecule is COCCCC(=O)Nc1cc(C)ccc1N. The van der Waals surface area contributed by atoms with Gasteiger partial charge < -0.3 is 15.8 Å². The zero-order valence-electron chi connectivity index (χ0n) is 9.75. The van der Waals surface area contributed by atoms with E-state index in [0.29, 0.717) is 30.8 Å². The van der Waals surface area contributed by atoms with Crippen LogP contribution < -0.4 is 11.1 Å². The van der Waals surface area contributed by atoms with Gasteiger partial charge in [0.05, 0.1) is 11.4 Å². The van der Waals surface area contributed by atoms with Crippen LogP contribution in [0.4, 0.5) is 11.4 Å². The van der Waals surface area contributed by atoms with Gasteiger partial charge in [-0.3, -0.25) is 4.79 Å². The van der Waals surface area contributed by atoms with Crippen molar-refractivity contribution in [3.8, 4) is 0 Å². The Morgan fingerprint density at radius 3 is 2.94 bits per heavy atom. The van der Waals surface area contributed by atoms with E-state index in [1.807, 2.05) is 19.1 Å². The number of hydrogen-bond donors (Lipinski definition) is 2. The lowest BCUT2D eigenvalue weighted by Gasteiger charge is -2.08. The average Bonchev–Trinajstić information content (AvgIpc) is 2.24. The minimum atomic E-state index is -0.0330. The second kappa shape index (κ2) is 6.12. The summed E-state index contributed by atoms with van der Waals surface area (Å²) in [6, 6.07) is 5.57. The molecular formula is C12H18N2O2. The van der Waals surface area contributed by atoms with Crippen LogP contribution in [0, 0.1) is 6.92 Å². The Labute approximate surface area is 95.8 Å². The predicted molar refractivity (Wildman–Crippen MR) is 65.3 cm³/mol. The number of amides is 1. The van der Waals surface area contributed by atoms with Crippen molar-refractivity contribution >= 4 is 17.3 Å². The molecule has 1 aromatic carbocycles. The van der Waals surface area contributed by atoms with E-state index in [-0.39, 0.29) is 5.91 Å². The first-order valence-electron chi connectivity index (χ1n) is 5.28. The van der Waals surface area contributed by atoms with Gasteiger partial charge in [-0.15, -0.1) is 0 Å². The number of nitrogens with two attached hydrogens (primary N) is 1. The number of benzene rings is 1. The Bertz CT molecular complexity index is 364. The van der Waals surface area contributed by atoms with Crippen LogP contribution in [0.15, 0.2) is 18.2 Å². The molecule has 1 amide bonds. The highest BCUT2D eigenvalue weighted by Crippen LogP contribution is 2.19. The summed E-state index contributed by atoms with van der Waals surface area (Å²) >= 11 is 0. The van der Waals surface area contributed by atoms with Gasteiger partial charge in [0.25, 0.3) is 0 Å². The maximum atomic E-state index is 11.5. The molecule has 0 aliphatic carbocycles. The first-order chi connectivity index (χ1) is 7.63. The lowest BCUT2D eigenvalue weighted by atomic mass is 10.2. The van der Waals surface area contributed by atoms with Crippen LogP contribution in [-0.4, -0.2) is 19.6 Å². The number of anilines is 2. The highest BCUT2D eigenvalue weighted by atomic mass is 16.5. The zero-order chi connectivity index (χ0) is 12.0. The average molecular weight is 222 g/mol. The largest absolute Gasteiger partial charge is 0.397 e. The Balaban J connectivity index is 2.52. The second-order valence-electron chi connectivity index (χ2n) is 3.74. The summed E-state index contributed by atoms with van der Waals surface area (Å²) < 4.78 is 4.88. The molecule has 0 fully saturated rings. The number of carbonyl (C=O) groups is 1. The lowest BCUT2D eigenvalue weighted by molar-refractivity contribution is -0.116. The van der Waals surface area contributed by atoms with Gasteiger partial charge in [0.15, 0.2) is 0 Å². The van der Waals surface area contributed by atoms with Crippen LogP contribution in [0.3, 0.4) is 0 Å². The van der Waals surface area contributed by atoms with Gasteiger partial charge in [0, 0.05) is 20.1 Å². The molecule has 0 aliphatic rings. The van der Waals surface area contributed by atoms with Crippen LogP contribution in [0.25, 0.3) is 0 Å². The number of ether oxygens (including phenoxy) is 1. The van der Waals surface area contributed by atoms with E-state index in [9.17, 15) is 4.79 Å². The van der Waals surface area contributed by atoms with Crippen molar-refractivity contribution < 1.29 is 9.53 Å². The van der Waals surface area contributed by atoms with Crippen LogP contribution in [-0.2, 0) is 9.53 Å². The Hall–Kier alpha value is -1.55. The molecule has 0 unspecified atom stereocenters. The molecule has 0 heterocycles. The van der Waals surface area contributed by atoms with E-state index in [2.05, 4.69) is 5.32 Å². The van der Waals surface area contributed by atoms with Crippen molar-refractivity contribution in [3.05, 3.63) is 23.8 Å². The third kappa shape index (κ3) is 3.90. The van der Waals surface area contributed by atoms with Crippen molar-refractivity contribution in [1.29, 1.82) is 0 Å². The number of aryl methyl sites for hydroxylation is 1. The molecular weight excluding hydrogens is 204 g/mol. The Kier molecular flexibility index (Phi) is 4.79. The molecule has 88 valence electrons. The molecule has 0 aliphatic heterocycles. The zero-order valence-corrected chi connectivity index (χ0v) is 9.75. The van der Waals surface area contributed by atoms with Crippen LogP contribution in [0.1, 0.15) is 18.4 Å². The fraction of sp³-hybridized carbons (Fsp3) is 0.417. The molecule has 1 aromatic rings. The highest BCUT2D eigenvalue weighted by molar-refractivity contribution is 5.93. The number of nitrogens with one attached hydrogen (secondary N) is 1. The number of methoxy groups -OCH3 is 1. The minimum Gasteiger partial charge on any atom is -0.397 e. The normalized spacial score (nSPS) is 10.1. The molecule has 0 spiro atoms. The van der Waals surface area contributed by atoms with E-state index < -0.39 is 0 Å². The van der Waals surface area contributed by atoms with Crippen molar-refractivity contribution in [2.45, 2.75) is 19.8 Å². The summed E-state index contributed by atoms with van der Waals surface area (Å²) in [5.74, 6) is -0.0330. The van der Waals surface area contributed by atoms with Gasteiger partial charge in [-0.05, 0) is 31.0 Å². The highest BCUT2D eigenvalue weighted by Gasteiger charge is 2.04. The molecule has 0 saturated heterocycles. The van der Waals surface area contributed by atoms with Crippen molar-refractivity contribution in [1.82, 2.24) is 0 Å². The Morgan fingerprint density at radius 1 is 1.50 bits per heavy atom. The van der Waals surface area contributed by atoms with Crippen molar-refractivity contribution in [2.24, 2.45) is 0 Å². The molecule has 1 rings (SSSR count). The Morgan fingerprint density at radius 2 is 2.25 bits per heavy atom. The fourth-order valence-corrected chi connectivity index (χ4v) is 1.37. The fourth-order valence-electron chi connectivity index (χ4n) is 1.37. The van der Waals surface area contributed by atoms with Crippen molar-refractivity contribution in [3.63, 3.8) is 0 Å². The summed E-state index contributed by atoms with van der Waals surface area (Å²) in [6.45, 7) is 2.55. The standard InChI is InChI=1S/C12H18N2O2/c1-9-5-6-10(13)11(8-9)14-12(15)4-3-7-16-2/h5-6,8H,3-4,7,13H2,1-2H3,(H,14,15). The van der Waals surface area contributed by atoms with Crippen LogP contribution >= 0.6 is 0 Å². The summed E-state index contributed by atoms with van der Waals surface area (Å²) in [6.07, 6.45) is 1.16. The topological polar surface area (TPSA) is 64.3 Å². The van der Waals surface area contributed by atoms with Crippen LogP contribution in [0.5, 0.6) is 0 Å². The van der Waals surface area contributed by atoms with Gasteiger partial charge in [0.2, 0.25) is 5.91 Å². The first-order valence-corrected chi connectivity index (χ1v) is 5.28. The van der Waals surface area contributed by atoms with E-state index >= 15 is 0 Å². The maximum Gasteiger partial charge on any atom is 0.224 e. The van der Waals surface area contributed by atoms with Gasteiger partial charge in [-0.2, -0.15) is 0 Å². The summed E-state index contributed by atoms with van der Waals surface area (Å²) in [5.41, 5.74) is 8.10. The number of carbonyl (C=O) groups excluding carboxylic acids is 1. The summed E-state index contributed by atoms with van der Waals surface area (Å²) in [5, 5.41) is 2.79. The summed E-state index contributed by atoms with van der Waals surface area (Å²) in [4.78, 5) is 11.5. The van der Waals surface area contributed by atoms with E-state index in [1.165, 1.54) is 0 Å². The third-order valence-corrected chi connectivity index (χ3v) is 2.24. The van der Waals surface area contributed by atoms with Crippen molar-refractivity contribution in [2.75, 3.05) is 24.8 Å². The summed E-state index contributed by atoms with van der Waals surface area (Å²) in [7, 11) is 1.62. The maximum absolute atomic E-state index is 11.5. The molecule has 0 radical (unpaired) electrons. The minimum absolute atomic E-state index is 0.0330. The molecule has 0 aromatic heterocycles. The number of nitrogen functional groups attached to an aromatic ring is 1. The van der Waals surface area contributed by atoms with Gasteiger partial charge in [-0.25, -0.2) is 0 Å². The van der Waals surface area contributed by atoms with Crippen LogP contribution in [0.2, 0.25) is 0 Å². The van der Waals surface area contributed by atoms with Gasteiger partial charge in [-0.1, -0.05) is 6.07 Å². The molecule has 16 heavy (non-hydrogen) atoms. The smallest absolute Gasteiger partial charge is 0.224 e. The number of rotatable bonds is 5. The van der Waals surface area contributed by atoms with Gasteiger partial charge >= 0.3 is 0 Å². The predicted octanol–water partition coefficient (Wildman–Crippen LogP) is 1.94. The molecule has 0 saturated carbocycles. The van der Waals surface area contributed by atoms with E-state index in [1.54, 1.807) is 13.2 Å². The van der Waals surface area contributed by atoms with E-state index in [4.69, 9.17) is 10.5 Å². The molecule has 3 N–H and O–H groups in total.